The van der Waals surface area contributed by atoms with E-state index in [-0.39, 0.29) is 0 Å². The average molecular weight is 221 g/mol. The average Bonchev–Trinajstić information content (AvgIpc) is 2.30. The first-order chi connectivity index (χ1) is 7.81. The van der Waals surface area contributed by atoms with E-state index in [1.165, 1.54) is 32.1 Å². The summed E-state index contributed by atoms with van der Waals surface area (Å²) in [5.74, 6) is 5.75. The molecular formula is C14H23NO. The van der Waals surface area contributed by atoms with Crippen LogP contribution >= 0.6 is 0 Å². The van der Waals surface area contributed by atoms with Crippen LogP contribution in [-0.2, 0) is 0 Å². The van der Waals surface area contributed by atoms with Crippen LogP contribution in [0.4, 0.5) is 0 Å². The SMILES string of the molecule is CCCCCCCCC#C[C@H](O)CCC#N. The highest BCUT2D eigenvalue weighted by atomic mass is 16.3. The van der Waals surface area contributed by atoms with E-state index < -0.39 is 6.10 Å². The van der Waals surface area contributed by atoms with Crippen LogP contribution in [0, 0.1) is 23.2 Å². The Hall–Kier alpha value is -0.990. The summed E-state index contributed by atoms with van der Waals surface area (Å²) >= 11 is 0. The van der Waals surface area contributed by atoms with Gasteiger partial charge in [0.1, 0.15) is 6.10 Å². The summed E-state index contributed by atoms with van der Waals surface area (Å²) in [5.41, 5.74) is 0. The molecule has 1 N–H and O–H groups in total. The summed E-state index contributed by atoms with van der Waals surface area (Å²) in [6.07, 6.45) is 8.72. The molecule has 16 heavy (non-hydrogen) atoms. The van der Waals surface area contributed by atoms with Crippen LogP contribution in [0.1, 0.15) is 64.7 Å². The first-order valence-corrected chi connectivity index (χ1v) is 6.34. The van der Waals surface area contributed by atoms with Gasteiger partial charge in [0, 0.05) is 12.8 Å². The van der Waals surface area contributed by atoms with Gasteiger partial charge >= 0.3 is 0 Å². The number of hydrogen-bond donors (Lipinski definition) is 1. The lowest BCUT2D eigenvalue weighted by atomic mass is 10.1. The number of nitriles is 1. The second kappa shape index (κ2) is 12.1. The van der Waals surface area contributed by atoms with Gasteiger partial charge in [0.2, 0.25) is 0 Å². The van der Waals surface area contributed by atoms with Crippen LogP contribution in [0.2, 0.25) is 0 Å². The van der Waals surface area contributed by atoms with Crippen LogP contribution in [-0.4, -0.2) is 11.2 Å². The number of hydrogen-bond acceptors (Lipinski definition) is 2. The molecule has 0 aromatic heterocycles. The third kappa shape index (κ3) is 11.1. The second-order valence-corrected chi connectivity index (χ2v) is 4.05. The molecule has 0 aromatic rings. The van der Waals surface area contributed by atoms with Crippen molar-refractivity contribution in [1.29, 1.82) is 5.26 Å². The van der Waals surface area contributed by atoms with Gasteiger partial charge in [0.25, 0.3) is 0 Å². The van der Waals surface area contributed by atoms with Crippen molar-refractivity contribution < 1.29 is 5.11 Å². The van der Waals surface area contributed by atoms with Crippen molar-refractivity contribution in [1.82, 2.24) is 0 Å². The second-order valence-electron chi connectivity index (χ2n) is 4.05. The fourth-order valence-corrected chi connectivity index (χ4v) is 1.46. The van der Waals surface area contributed by atoms with Crippen molar-refractivity contribution in [3.63, 3.8) is 0 Å². The fraction of sp³-hybridized carbons (Fsp3) is 0.786. The Balaban J connectivity index is 3.30. The van der Waals surface area contributed by atoms with Gasteiger partial charge in [-0.3, -0.25) is 0 Å². The molecule has 0 radical (unpaired) electrons. The maximum absolute atomic E-state index is 9.33. The largest absolute Gasteiger partial charge is 0.380 e. The molecule has 0 amide bonds. The van der Waals surface area contributed by atoms with Crippen molar-refractivity contribution in [2.45, 2.75) is 70.8 Å². The Morgan fingerprint density at radius 2 is 1.75 bits per heavy atom. The molecule has 0 aromatic carbocycles. The quantitative estimate of drug-likeness (QED) is 0.504. The predicted molar refractivity (Wildman–Crippen MR) is 66.6 cm³/mol. The predicted octanol–water partition coefficient (Wildman–Crippen LogP) is 3.41. The zero-order valence-corrected chi connectivity index (χ0v) is 10.3. The van der Waals surface area contributed by atoms with Gasteiger partial charge in [-0.1, -0.05) is 44.9 Å². The highest BCUT2D eigenvalue weighted by molar-refractivity contribution is 5.04. The molecule has 0 aliphatic rings. The van der Waals surface area contributed by atoms with Crippen molar-refractivity contribution in [2.24, 2.45) is 0 Å². The molecular weight excluding hydrogens is 198 g/mol. The van der Waals surface area contributed by atoms with Gasteiger partial charge in [0.05, 0.1) is 6.07 Å². The summed E-state index contributed by atoms with van der Waals surface area (Å²) < 4.78 is 0. The van der Waals surface area contributed by atoms with E-state index in [4.69, 9.17) is 5.26 Å². The standard InChI is InChI=1S/C14H23NO/c1-2-3-4-5-6-7-8-9-11-14(16)12-10-13-15/h14,16H,2-8,10,12H2,1H3/t14-/m0/s1. The molecule has 0 unspecified atom stereocenters. The maximum Gasteiger partial charge on any atom is 0.115 e. The van der Waals surface area contributed by atoms with Gasteiger partial charge in [0.15, 0.2) is 0 Å². The smallest absolute Gasteiger partial charge is 0.115 e. The van der Waals surface area contributed by atoms with Gasteiger partial charge < -0.3 is 5.11 Å². The van der Waals surface area contributed by atoms with E-state index in [1.807, 2.05) is 6.07 Å². The number of rotatable bonds is 8. The maximum atomic E-state index is 9.33. The van der Waals surface area contributed by atoms with E-state index in [0.717, 1.165) is 12.8 Å². The van der Waals surface area contributed by atoms with Crippen LogP contribution in [0.5, 0.6) is 0 Å². The Bertz CT molecular complexity index is 244. The fourth-order valence-electron chi connectivity index (χ4n) is 1.46. The van der Waals surface area contributed by atoms with E-state index in [2.05, 4.69) is 18.8 Å². The lowest BCUT2D eigenvalue weighted by Crippen LogP contribution is -2.01. The van der Waals surface area contributed by atoms with Crippen molar-refractivity contribution >= 4 is 0 Å². The topological polar surface area (TPSA) is 44.0 Å². The molecule has 0 heterocycles. The number of aliphatic hydroxyl groups excluding tert-OH is 1. The van der Waals surface area contributed by atoms with Gasteiger partial charge in [-0.25, -0.2) is 0 Å². The molecule has 0 aliphatic heterocycles. The lowest BCUT2D eigenvalue weighted by molar-refractivity contribution is 0.224. The Kier molecular flexibility index (Phi) is 11.3. The Morgan fingerprint density at radius 1 is 1.06 bits per heavy atom. The van der Waals surface area contributed by atoms with Crippen molar-refractivity contribution in [2.75, 3.05) is 0 Å². The first-order valence-electron chi connectivity index (χ1n) is 6.34. The molecule has 0 aliphatic carbocycles. The Labute approximate surface area is 99.7 Å². The molecule has 0 bridgehead atoms. The minimum atomic E-state index is -0.611. The highest BCUT2D eigenvalue weighted by Crippen LogP contribution is 2.06. The summed E-state index contributed by atoms with van der Waals surface area (Å²) in [6, 6.07) is 2.00. The summed E-state index contributed by atoms with van der Waals surface area (Å²) in [7, 11) is 0. The summed E-state index contributed by atoms with van der Waals surface area (Å²) in [5, 5.41) is 17.6. The van der Waals surface area contributed by atoms with Gasteiger partial charge in [-0.05, 0) is 12.8 Å². The summed E-state index contributed by atoms with van der Waals surface area (Å²) in [4.78, 5) is 0. The van der Waals surface area contributed by atoms with E-state index in [0.29, 0.717) is 12.8 Å². The highest BCUT2D eigenvalue weighted by Gasteiger charge is 1.96. The molecule has 0 saturated carbocycles. The molecule has 1 atom stereocenters. The van der Waals surface area contributed by atoms with Gasteiger partial charge in [-0.2, -0.15) is 5.26 Å². The van der Waals surface area contributed by atoms with E-state index in [1.54, 1.807) is 0 Å². The zero-order valence-electron chi connectivity index (χ0n) is 10.3. The zero-order chi connectivity index (χ0) is 12.1. The van der Waals surface area contributed by atoms with Crippen LogP contribution < -0.4 is 0 Å². The van der Waals surface area contributed by atoms with E-state index in [9.17, 15) is 5.11 Å². The molecule has 90 valence electrons. The normalized spacial score (nSPS) is 11.3. The molecule has 0 fully saturated rings. The first kappa shape index (κ1) is 15.0. The molecule has 2 heteroatoms. The third-order valence-electron chi connectivity index (χ3n) is 2.45. The summed E-state index contributed by atoms with van der Waals surface area (Å²) in [6.45, 7) is 2.22. The number of aliphatic hydroxyl groups is 1. The van der Waals surface area contributed by atoms with Crippen LogP contribution in [0.15, 0.2) is 0 Å². The van der Waals surface area contributed by atoms with Gasteiger partial charge in [-0.15, -0.1) is 5.92 Å². The molecule has 2 nitrogen and oxygen atoms in total. The third-order valence-corrected chi connectivity index (χ3v) is 2.45. The van der Waals surface area contributed by atoms with Crippen LogP contribution in [0.3, 0.4) is 0 Å². The monoisotopic (exact) mass is 221 g/mol. The van der Waals surface area contributed by atoms with Crippen molar-refractivity contribution in [3.8, 4) is 17.9 Å². The number of nitrogens with zero attached hydrogens (tertiary/aromatic N) is 1. The van der Waals surface area contributed by atoms with Crippen molar-refractivity contribution in [3.05, 3.63) is 0 Å². The molecule has 0 saturated heterocycles. The molecule has 0 spiro atoms. The van der Waals surface area contributed by atoms with Crippen LogP contribution in [0.25, 0.3) is 0 Å². The Morgan fingerprint density at radius 3 is 2.44 bits per heavy atom. The molecule has 0 rings (SSSR count). The minimum Gasteiger partial charge on any atom is -0.380 e. The number of unbranched alkanes of at least 4 members (excludes halogenated alkanes) is 6. The lowest BCUT2D eigenvalue weighted by Gasteiger charge is -1.98. The minimum absolute atomic E-state index is 0.382. The van der Waals surface area contributed by atoms with E-state index >= 15 is 0 Å².